The van der Waals surface area contributed by atoms with Crippen LogP contribution in [0.5, 0.6) is 0 Å². The number of hydrogen-bond acceptors (Lipinski definition) is 7. The zero-order valence-corrected chi connectivity index (χ0v) is 18.5. The lowest BCUT2D eigenvalue weighted by Crippen LogP contribution is -2.37. The molecule has 0 atom stereocenters. The van der Waals surface area contributed by atoms with Gasteiger partial charge in [-0.25, -0.2) is 0 Å². The van der Waals surface area contributed by atoms with E-state index in [1.165, 1.54) is 0 Å². The van der Waals surface area contributed by atoms with Gasteiger partial charge in [-0.3, -0.25) is 0 Å². The topological polar surface area (TPSA) is 75.2 Å². The highest BCUT2D eigenvalue weighted by molar-refractivity contribution is 6.42. The number of benzene rings is 2. The van der Waals surface area contributed by atoms with Crippen LogP contribution in [0.15, 0.2) is 36.4 Å². The Hall–Kier alpha value is -2.03. The molecule has 30 heavy (non-hydrogen) atoms. The van der Waals surface area contributed by atoms with E-state index in [1.807, 2.05) is 4.90 Å². The Kier molecular flexibility index (Phi) is 6.65. The quantitative estimate of drug-likeness (QED) is 0.472. The molecule has 2 N–H and O–H groups in total. The van der Waals surface area contributed by atoms with Gasteiger partial charge in [0.25, 0.3) is 0 Å². The first-order chi connectivity index (χ1) is 14.5. The molecule has 0 radical (unpaired) electrons. The van der Waals surface area contributed by atoms with Crippen molar-refractivity contribution in [2.75, 3.05) is 41.8 Å². The monoisotopic (exact) mass is 484 g/mol. The zero-order chi connectivity index (χ0) is 21.1. The standard InChI is InChI=1S/C19H16Cl4N6O/c20-13-3-1-11(9-15(13)22)24-17-26-18(25-12-2-4-14(21)16(23)10-12)28-19(27-17)29-5-7-30-8-6-29/h1-4,9-10H,5-8H2,(H2,24,25,26,27,28). The number of aromatic nitrogens is 3. The average Bonchev–Trinajstić information content (AvgIpc) is 2.74. The van der Waals surface area contributed by atoms with Crippen LogP contribution in [0.25, 0.3) is 0 Å². The lowest BCUT2D eigenvalue weighted by atomic mass is 10.3. The minimum Gasteiger partial charge on any atom is -0.378 e. The van der Waals surface area contributed by atoms with Crippen LogP contribution in [0.1, 0.15) is 0 Å². The molecule has 1 fully saturated rings. The van der Waals surface area contributed by atoms with Gasteiger partial charge in [0.15, 0.2) is 0 Å². The minimum absolute atomic E-state index is 0.354. The van der Waals surface area contributed by atoms with Gasteiger partial charge in [-0.1, -0.05) is 46.4 Å². The number of rotatable bonds is 5. The number of nitrogens with one attached hydrogen (secondary N) is 2. The van der Waals surface area contributed by atoms with Crippen molar-refractivity contribution in [3.05, 3.63) is 56.5 Å². The van der Waals surface area contributed by atoms with Crippen molar-refractivity contribution in [1.82, 2.24) is 15.0 Å². The van der Waals surface area contributed by atoms with Crippen LogP contribution < -0.4 is 15.5 Å². The molecule has 156 valence electrons. The van der Waals surface area contributed by atoms with E-state index in [-0.39, 0.29) is 0 Å². The van der Waals surface area contributed by atoms with Crippen molar-refractivity contribution in [1.29, 1.82) is 0 Å². The maximum atomic E-state index is 6.12. The second-order valence-corrected chi connectivity index (χ2v) is 8.02. The minimum atomic E-state index is 0.354. The molecule has 2 heterocycles. The highest BCUT2D eigenvalue weighted by Gasteiger charge is 2.17. The molecule has 0 amide bonds. The molecule has 1 aliphatic heterocycles. The number of ether oxygens (including phenoxy) is 1. The smallest absolute Gasteiger partial charge is 0.233 e. The molecular formula is C19H16Cl4N6O. The zero-order valence-electron chi connectivity index (χ0n) is 15.5. The van der Waals surface area contributed by atoms with Gasteiger partial charge in [0, 0.05) is 24.5 Å². The molecule has 1 aliphatic rings. The van der Waals surface area contributed by atoms with Crippen molar-refractivity contribution in [2.24, 2.45) is 0 Å². The van der Waals surface area contributed by atoms with E-state index in [9.17, 15) is 0 Å². The van der Waals surface area contributed by atoms with Gasteiger partial charge in [0.1, 0.15) is 0 Å². The van der Waals surface area contributed by atoms with Crippen LogP contribution in [0.4, 0.5) is 29.2 Å². The molecule has 0 unspecified atom stereocenters. The molecule has 7 nitrogen and oxygen atoms in total. The summed E-state index contributed by atoms with van der Waals surface area (Å²) in [5, 5.41) is 8.09. The lowest BCUT2D eigenvalue weighted by molar-refractivity contribution is 0.122. The Morgan fingerprint density at radius 2 is 1.20 bits per heavy atom. The molecular weight excluding hydrogens is 470 g/mol. The summed E-state index contributed by atoms with van der Waals surface area (Å²) in [5.41, 5.74) is 1.40. The molecule has 0 saturated carbocycles. The third kappa shape index (κ3) is 5.17. The van der Waals surface area contributed by atoms with Crippen molar-refractivity contribution in [3.8, 4) is 0 Å². The summed E-state index contributed by atoms with van der Waals surface area (Å²) >= 11 is 24.2. The molecule has 0 aliphatic carbocycles. The average molecular weight is 486 g/mol. The number of morpholine rings is 1. The SMILES string of the molecule is Clc1ccc(Nc2nc(Nc3ccc(Cl)c(Cl)c3)nc(N3CCOCC3)n2)cc1Cl. The van der Waals surface area contributed by atoms with Gasteiger partial charge in [0.05, 0.1) is 33.3 Å². The second-order valence-electron chi connectivity index (χ2n) is 6.39. The Morgan fingerprint density at radius 1 is 0.700 bits per heavy atom. The number of anilines is 5. The molecule has 4 rings (SSSR count). The first-order valence-electron chi connectivity index (χ1n) is 9.01. The molecule has 1 aromatic heterocycles. The summed E-state index contributed by atoms with van der Waals surface area (Å²) in [6.45, 7) is 2.58. The molecule has 2 aromatic carbocycles. The fourth-order valence-electron chi connectivity index (χ4n) is 2.79. The van der Waals surface area contributed by atoms with E-state index in [2.05, 4.69) is 25.6 Å². The predicted octanol–water partition coefficient (Wildman–Crippen LogP) is 5.81. The van der Waals surface area contributed by atoms with E-state index in [0.717, 1.165) is 0 Å². The summed E-state index contributed by atoms with van der Waals surface area (Å²) in [7, 11) is 0. The van der Waals surface area contributed by atoms with E-state index in [0.29, 0.717) is 75.6 Å². The summed E-state index contributed by atoms with van der Waals surface area (Å²) in [5.74, 6) is 1.23. The number of nitrogens with zero attached hydrogens (tertiary/aromatic N) is 4. The number of halogens is 4. The third-order valence-electron chi connectivity index (χ3n) is 4.27. The van der Waals surface area contributed by atoms with Gasteiger partial charge in [0.2, 0.25) is 17.8 Å². The van der Waals surface area contributed by atoms with Crippen molar-refractivity contribution in [3.63, 3.8) is 0 Å². The Balaban J connectivity index is 1.66. The first kappa shape index (κ1) is 21.2. The first-order valence-corrected chi connectivity index (χ1v) is 10.5. The Bertz CT molecular complexity index is 989. The van der Waals surface area contributed by atoms with Crippen LogP contribution in [0.2, 0.25) is 20.1 Å². The molecule has 3 aromatic rings. The maximum absolute atomic E-state index is 6.12. The van der Waals surface area contributed by atoms with Gasteiger partial charge < -0.3 is 20.3 Å². The van der Waals surface area contributed by atoms with Crippen molar-refractivity contribution in [2.45, 2.75) is 0 Å². The van der Waals surface area contributed by atoms with Crippen LogP contribution in [0.3, 0.4) is 0 Å². The van der Waals surface area contributed by atoms with Crippen molar-refractivity contribution >= 4 is 75.6 Å². The maximum Gasteiger partial charge on any atom is 0.233 e. The van der Waals surface area contributed by atoms with E-state index in [1.54, 1.807) is 36.4 Å². The molecule has 0 bridgehead atoms. The van der Waals surface area contributed by atoms with Gasteiger partial charge in [-0.15, -0.1) is 0 Å². The summed E-state index contributed by atoms with van der Waals surface area (Å²) in [4.78, 5) is 15.6. The second kappa shape index (κ2) is 9.41. The lowest BCUT2D eigenvalue weighted by Gasteiger charge is -2.27. The highest BCUT2D eigenvalue weighted by atomic mass is 35.5. The van der Waals surface area contributed by atoms with Gasteiger partial charge in [-0.2, -0.15) is 15.0 Å². The molecule has 11 heteroatoms. The number of hydrogen-bond donors (Lipinski definition) is 2. The van der Waals surface area contributed by atoms with Gasteiger partial charge >= 0.3 is 0 Å². The van der Waals surface area contributed by atoms with Crippen LogP contribution in [-0.4, -0.2) is 41.3 Å². The Labute approximate surface area is 193 Å². The van der Waals surface area contributed by atoms with E-state index < -0.39 is 0 Å². The summed E-state index contributed by atoms with van der Waals surface area (Å²) in [6, 6.07) is 10.4. The fraction of sp³-hybridized carbons (Fsp3) is 0.211. The third-order valence-corrected chi connectivity index (χ3v) is 5.75. The van der Waals surface area contributed by atoms with E-state index >= 15 is 0 Å². The highest BCUT2D eigenvalue weighted by Crippen LogP contribution is 2.29. The summed E-state index contributed by atoms with van der Waals surface area (Å²) in [6.07, 6.45) is 0. The van der Waals surface area contributed by atoms with Crippen LogP contribution in [0, 0.1) is 0 Å². The molecule has 1 saturated heterocycles. The van der Waals surface area contributed by atoms with Crippen LogP contribution >= 0.6 is 46.4 Å². The van der Waals surface area contributed by atoms with E-state index in [4.69, 9.17) is 51.1 Å². The summed E-state index contributed by atoms with van der Waals surface area (Å²) < 4.78 is 5.42. The Morgan fingerprint density at radius 3 is 1.67 bits per heavy atom. The van der Waals surface area contributed by atoms with Crippen molar-refractivity contribution < 1.29 is 4.74 Å². The fourth-order valence-corrected chi connectivity index (χ4v) is 3.38. The largest absolute Gasteiger partial charge is 0.378 e. The van der Waals surface area contributed by atoms with Gasteiger partial charge in [-0.05, 0) is 36.4 Å². The molecule has 0 spiro atoms. The normalized spacial score (nSPS) is 13.9. The predicted molar refractivity (Wildman–Crippen MR) is 122 cm³/mol. The van der Waals surface area contributed by atoms with Crippen LogP contribution in [-0.2, 0) is 4.74 Å².